The summed E-state index contributed by atoms with van der Waals surface area (Å²) in [6.07, 6.45) is 5.20. The van der Waals surface area contributed by atoms with Crippen molar-refractivity contribution in [3.8, 4) is 5.75 Å². The van der Waals surface area contributed by atoms with Crippen molar-refractivity contribution in [1.82, 2.24) is 9.55 Å². The number of nitrogens with zero attached hydrogens (tertiary/aromatic N) is 2. The molecule has 1 fully saturated rings. The molecular weight excluding hydrogens is 321 g/mol. The van der Waals surface area contributed by atoms with Crippen LogP contribution in [0.4, 0.5) is 4.39 Å². The van der Waals surface area contributed by atoms with E-state index < -0.39 is 5.82 Å². The second-order valence-electron chi connectivity index (χ2n) is 6.02. The Morgan fingerprint density at radius 2 is 2.04 bits per heavy atom. The molecule has 0 amide bonds. The number of halogens is 2. The van der Waals surface area contributed by atoms with Crippen LogP contribution >= 0.6 is 12.4 Å². The van der Waals surface area contributed by atoms with Gasteiger partial charge in [-0.25, -0.2) is 4.39 Å². The van der Waals surface area contributed by atoms with E-state index >= 15 is 0 Å². The Morgan fingerprint density at radius 1 is 1.35 bits per heavy atom. The number of rotatable bonds is 3. The summed E-state index contributed by atoms with van der Waals surface area (Å²) in [6.45, 7) is 0.509. The van der Waals surface area contributed by atoms with Crippen LogP contribution in [0.2, 0.25) is 0 Å². The Balaban J connectivity index is 0.00000192. The molecule has 23 heavy (non-hydrogen) atoms. The average molecular weight is 342 g/mol. The predicted molar refractivity (Wildman–Crippen MR) is 89.6 cm³/mol. The third-order valence-corrected chi connectivity index (χ3v) is 4.37. The molecule has 0 radical (unpaired) electrons. The highest BCUT2D eigenvalue weighted by Crippen LogP contribution is 2.24. The van der Waals surface area contributed by atoms with Crippen molar-refractivity contribution in [3.63, 3.8) is 0 Å². The lowest BCUT2D eigenvalue weighted by Gasteiger charge is -2.25. The summed E-state index contributed by atoms with van der Waals surface area (Å²) in [7, 11) is 1.60. The highest BCUT2D eigenvalue weighted by molar-refractivity contribution is 5.85. The SMILES string of the molecule is Cl.Cn1c(=O)c(OCC2CCC(N)CC2)cc2ncc(F)cc21. The molecule has 0 aliphatic heterocycles. The van der Waals surface area contributed by atoms with E-state index in [1.54, 1.807) is 13.1 Å². The van der Waals surface area contributed by atoms with Crippen LogP contribution < -0.4 is 16.0 Å². The molecule has 2 N–H and O–H groups in total. The van der Waals surface area contributed by atoms with Crippen molar-refractivity contribution in [1.29, 1.82) is 0 Å². The van der Waals surface area contributed by atoms with Crippen molar-refractivity contribution in [2.45, 2.75) is 31.7 Å². The van der Waals surface area contributed by atoms with Crippen LogP contribution in [0.3, 0.4) is 0 Å². The Morgan fingerprint density at radius 3 is 2.74 bits per heavy atom. The van der Waals surface area contributed by atoms with Crippen molar-refractivity contribution in [2.75, 3.05) is 6.61 Å². The molecule has 2 aromatic rings. The number of fused-ring (bicyclic) bond motifs is 1. The van der Waals surface area contributed by atoms with Crippen LogP contribution in [0.5, 0.6) is 5.75 Å². The summed E-state index contributed by atoms with van der Waals surface area (Å²) in [5.74, 6) is 0.236. The molecule has 2 aromatic heterocycles. The third-order valence-electron chi connectivity index (χ3n) is 4.37. The maximum absolute atomic E-state index is 13.3. The topological polar surface area (TPSA) is 70.1 Å². The van der Waals surface area contributed by atoms with Gasteiger partial charge in [0, 0.05) is 25.2 Å². The zero-order valence-corrected chi connectivity index (χ0v) is 13.8. The summed E-state index contributed by atoms with van der Waals surface area (Å²) in [5.41, 5.74) is 6.62. The molecule has 3 rings (SSSR count). The summed E-state index contributed by atoms with van der Waals surface area (Å²) < 4.78 is 20.3. The minimum Gasteiger partial charge on any atom is -0.488 e. The second kappa shape index (κ2) is 7.27. The van der Waals surface area contributed by atoms with E-state index in [9.17, 15) is 9.18 Å². The largest absolute Gasteiger partial charge is 0.488 e. The fraction of sp³-hybridized carbons (Fsp3) is 0.500. The van der Waals surface area contributed by atoms with Gasteiger partial charge in [0.15, 0.2) is 5.75 Å². The standard InChI is InChI=1S/C16H20FN3O2.ClH/c1-20-14-6-11(17)8-19-13(14)7-15(16(20)21)22-9-10-2-4-12(18)5-3-10;/h6-8,10,12H,2-5,9,18H2,1H3;1H. The predicted octanol–water partition coefficient (Wildman–Crippen LogP) is 2.39. The minimum atomic E-state index is -0.463. The van der Waals surface area contributed by atoms with E-state index in [4.69, 9.17) is 10.5 Å². The van der Waals surface area contributed by atoms with Gasteiger partial charge in [-0.2, -0.15) is 0 Å². The van der Waals surface area contributed by atoms with Gasteiger partial charge in [-0.15, -0.1) is 12.4 Å². The van der Waals surface area contributed by atoms with Gasteiger partial charge in [-0.05, 0) is 31.6 Å². The molecule has 0 saturated heterocycles. The summed E-state index contributed by atoms with van der Waals surface area (Å²) >= 11 is 0. The van der Waals surface area contributed by atoms with E-state index in [2.05, 4.69) is 4.98 Å². The Bertz CT molecular complexity index is 742. The molecule has 0 aromatic carbocycles. The van der Waals surface area contributed by atoms with E-state index in [1.807, 2.05) is 0 Å². The van der Waals surface area contributed by atoms with Crippen molar-refractivity contribution in [2.24, 2.45) is 18.7 Å². The maximum Gasteiger partial charge on any atom is 0.293 e. The van der Waals surface area contributed by atoms with Gasteiger partial charge >= 0.3 is 0 Å². The minimum absolute atomic E-state index is 0. The fourth-order valence-electron chi connectivity index (χ4n) is 2.95. The third kappa shape index (κ3) is 3.82. The lowest BCUT2D eigenvalue weighted by molar-refractivity contribution is 0.198. The van der Waals surface area contributed by atoms with E-state index in [0.29, 0.717) is 29.6 Å². The molecule has 7 heteroatoms. The van der Waals surface area contributed by atoms with Crippen LogP contribution in [0.1, 0.15) is 25.7 Å². The van der Waals surface area contributed by atoms with Gasteiger partial charge < -0.3 is 15.0 Å². The number of aryl methyl sites for hydroxylation is 1. The number of ether oxygens (including phenoxy) is 1. The van der Waals surface area contributed by atoms with E-state index in [0.717, 1.165) is 31.9 Å². The lowest BCUT2D eigenvalue weighted by atomic mass is 9.87. The van der Waals surface area contributed by atoms with Crippen LogP contribution in [-0.4, -0.2) is 22.2 Å². The molecule has 0 atom stereocenters. The van der Waals surface area contributed by atoms with Crippen molar-refractivity contribution < 1.29 is 9.13 Å². The quantitative estimate of drug-likeness (QED) is 0.930. The van der Waals surface area contributed by atoms with E-state index in [-0.39, 0.29) is 23.7 Å². The Labute approximate surface area is 140 Å². The second-order valence-corrected chi connectivity index (χ2v) is 6.02. The molecule has 126 valence electrons. The summed E-state index contributed by atoms with van der Waals surface area (Å²) in [6, 6.07) is 3.19. The molecule has 1 aliphatic carbocycles. The fourth-order valence-corrected chi connectivity index (χ4v) is 2.95. The van der Waals surface area contributed by atoms with Crippen LogP contribution in [0, 0.1) is 11.7 Å². The van der Waals surface area contributed by atoms with Gasteiger partial charge in [0.05, 0.1) is 23.8 Å². The summed E-state index contributed by atoms with van der Waals surface area (Å²) in [4.78, 5) is 16.3. The molecule has 2 heterocycles. The van der Waals surface area contributed by atoms with Crippen LogP contribution in [-0.2, 0) is 7.05 Å². The highest BCUT2D eigenvalue weighted by Gasteiger charge is 2.20. The van der Waals surface area contributed by atoms with Gasteiger partial charge in [0.2, 0.25) is 0 Å². The molecular formula is C16H21ClFN3O2. The van der Waals surface area contributed by atoms with Gasteiger partial charge in [0.25, 0.3) is 5.56 Å². The monoisotopic (exact) mass is 341 g/mol. The molecule has 5 nitrogen and oxygen atoms in total. The average Bonchev–Trinajstić information content (AvgIpc) is 2.52. The first-order valence-electron chi connectivity index (χ1n) is 7.58. The Kier molecular flexibility index (Phi) is 5.59. The molecule has 0 bridgehead atoms. The highest BCUT2D eigenvalue weighted by atomic mass is 35.5. The molecule has 1 aliphatic rings. The van der Waals surface area contributed by atoms with E-state index in [1.165, 1.54) is 10.6 Å². The smallest absolute Gasteiger partial charge is 0.293 e. The van der Waals surface area contributed by atoms with Crippen LogP contribution in [0.25, 0.3) is 11.0 Å². The lowest BCUT2D eigenvalue weighted by Crippen LogP contribution is -2.29. The number of aromatic nitrogens is 2. The Hall–Kier alpha value is -1.66. The van der Waals surface area contributed by atoms with Crippen LogP contribution in [0.15, 0.2) is 23.1 Å². The van der Waals surface area contributed by atoms with Gasteiger partial charge in [0.1, 0.15) is 5.82 Å². The normalized spacial score (nSPS) is 21.0. The zero-order chi connectivity index (χ0) is 15.7. The first-order chi connectivity index (χ1) is 10.5. The van der Waals surface area contributed by atoms with Gasteiger partial charge in [-0.3, -0.25) is 9.78 Å². The van der Waals surface area contributed by atoms with Gasteiger partial charge in [-0.1, -0.05) is 0 Å². The zero-order valence-electron chi connectivity index (χ0n) is 13.0. The molecule has 1 saturated carbocycles. The molecule has 0 unspecified atom stereocenters. The number of hydrogen-bond donors (Lipinski definition) is 1. The number of nitrogens with two attached hydrogens (primary N) is 1. The number of hydrogen-bond acceptors (Lipinski definition) is 4. The summed E-state index contributed by atoms with van der Waals surface area (Å²) in [5, 5.41) is 0. The maximum atomic E-state index is 13.3. The van der Waals surface area contributed by atoms with Crippen molar-refractivity contribution >= 4 is 23.4 Å². The number of pyridine rings is 2. The first-order valence-corrected chi connectivity index (χ1v) is 7.58. The van der Waals surface area contributed by atoms with Crippen molar-refractivity contribution in [3.05, 3.63) is 34.5 Å². The first kappa shape index (κ1) is 17.7. The molecule has 0 spiro atoms.